The average Bonchev–Trinajstić information content (AvgIpc) is 3.14. The standard InChI is InChI=1S/C24H26N2O5S/c1-5-31-18-9-7-15(12-19(18)29-3)11-16(13-25)22(27)26-23-21(24(28)30-4)17-8-6-14(2)10-20(17)32-23/h7,9,11-12,14H,5-6,8,10H2,1-4H3,(H,26,27). The fourth-order valence-corrected chi connectivity index (χ4v) is 5.09. The van der Waals surface area contributed by atoms with E-state index in [9.17, 15) is 14.9 Å². The van der Waals surface area contributed by atoms with Gasteiger partial charge in [0.1, 0.15) is 16.6 Å². The topological polar surface area (TPSA) is 97.7 Å². The molecule has 1 unspecified atom stereocenters. The zero-order valence-corrected chi connectivity index (χ0v) is 19.4. The number of fused-ring (bicyclic) bond motifs is 1. The van der Waals surface area contributed by atoms with Crippen molar-refractivity contribution in [3.8, 4) is 17.6 Å². The van der Waals surface area contributed by atoms with Gasteiger partial charge in [0.25, 0.3) is 5.91 Å². The zero-order chi connectivity index (χ0) is 23.3. The maximum absolute atomic E-state index is 12.9. The number of carbonyl (C=O) groups excluding carboxylic acids is 2. The van der Waals surface area contributed by atoms with Crippen LogP contribution >= 0.6 is 11.3 Å². The maximum Gasteiger partial charge on any atom is 0.341 e. The van der Waals surface area contributed by atoms with Gasteiger partial charge in [-0.2, -0.15) is 5.26 Å². The predicted molar refractivity (Wildman–Crippen MR) is 123 cm³/mol. The summed E-state index contributed by atoms with van der Waals surface area (Å²) in [6.45, 7) is 4.53. The Bertz CT molecular complexity index is 1100. The summed E-state index contributed by atoms with van der Waals surface area (Å²) in [5.74, 6) is 0.533. The Morgan fingerprint density at radius 3 is 2.75 bits per heavy atom. The van der Waals surface area contributed by atoms with E-state index in [0.717, 1.165) is 29.7 Å². The third-order valence-corrected chi connectivity index (χ3v) is 6.46. The van der Waals surface area contributed by atoms with Gasteiger partial charge < -0.3 is 19.5 Å². The second kappa shape index (κ2) is 10.3. The van der Waals surface area contributed by atoms with Gasteiger partial charge in [0, 0.05) is 4.88 Å². The zero-order valence-electron chi connectivity index (χ0n) is 18.6. The molecule has 1 amide bonds. The number of methoxy groups -OCH3 is 2. The summed E-state index contributed by atoms with van der Waals surface area (Å²) in [6, 6.07) is 7.11. The number of nitrogens with zero attached hydrogens (tertiary/aromatic N) is 1. The number of esters is 1. The van der Waals surface area contributed by atoms with Crippen molar-refractivity contribution in [3.05, 3.63) is 45.3 Å². The molecule has 0 fully saturated rings. The highest BCUT2D eigenvalue weighted by Crippen LogP contribution is 2.40. The molecule has 1 aliphatic carbocycles. The van der Waals surface area contributed by atoms with Crippen LogP contribution in [0.25, 0.3) is 6.08 Å². The molecule has 0 bridgehead atoms. The Morgan fingerprint density at radius 2 is 2.09 bits per heavy atom. The number of amides is 1. The van der Waals surface area contributed by atoms with Crippen LogP contribution in [-0.4, -0.2) is 32.7 Å². The summed E-state index contributed by atoms with van der Waals surface area (Å²) in [4.78, 5) is 26.4. The van der Waals surface area contributed by atoms with Crippen molar-refractivity contribution in [1.29, 1.82) is 5.26 Å². The molecule has 1 atom stereocenters. The van der Waals surface area contributed by atoms with Crippen molar-refractivity contribution in [3.63, 3.8) is 0 Å². The smallest absolute Gasteiger partial charge is 0.341 e. The number of thiophene rings is 1. The number of rotatable bonds is 7. The van der Waals surface area contributed by atoms with Crippen molar-refractivity contribution in [1.82, 2.24) is 0 Å². The van der Waals surface area contributed by atoms with E-state index in [2.05, 4.69) is 12.2 Å². The molecule has 1 N–H and O–H groups in total. The van der Waals surface area contributed by atoms with Crippen LogP contribution in [0.3, 0.4) is 0 Å². The predicted octanol–water partition coefficient (Wildman–Crippen LogP) is 4.61. The fourth-order valence-electron chi connectivity index (χ4n) is 3.69. The second-order valence-electron chi connectivity index (χ2n) is 7.51. The van der Waals surface area contributed by atoms with Crippen molar-refractivity contribution >= 4 is 34.3 Å². The van der Waals surface area contributed by atoms with Gasteiger partial charge in [-0.25, -0.2) is 4.79 Å². The van der Waals surface area contributed by atoms with E-state index in [-0.39, 0.29) is 5.57 Å². The molecule has 0 radical (unpaired) electrons. The minimum absolute atomic E-state index is 0.0910. The van der Waals surface area contributed by atoms with Crippen LogP contribution in [0.2, 0.25) is 0 Å². The van der Waals surface area contributed by atoms with Crippen LogP contribution < -0.4 is 14.8 Å². The van der Waals surface area contributed by atoms with Gasteiger partial charge >= 0.3 is 5.97 Å². The number of nitriles is 1. The molecule has 2 aromatic rings. The van der Waals surface area contributed by atoms with Crippen LogP contribution in [0.15, 0.2) is 23.8 Å². The summed E-state index contributed by atoms with van der Waals surface area (Å²) < 4.78 is 15.8. The van der Waals surface area contributed by atoms with Crippen LogP contribution in [-0.2, 0) is 22.4 Å². The Balaban J connectivity index is 1.90. The molecule has 1 heterocycles. The molecule has 7 nitrogen and oxygen atoms in total. The summed E-state index contributed by atoms with van der Waals surface area (Å²) in [5.41, 5.74) is 1.86. The lowest BCUT2D eigenvalue weighted by atomic mass is 9.88. The van der Waals surface area contributed by atoms with Gasteiger partial charge in [-0.05, 0) is 61.4 Å². The molecule has 0 spiro atoms. The molecule has 1 aliphatic rings. The first-order chi connectivity index (χ1) is 15.4. The Morgan fingerprint density at radius 1 is 1.31 bits per heavy atom. The first kappa shape index (κ1) is 23.4. The van der Waals surface area contributed by atoms with Gasteiger partial charge in [0.15, 0.2) is 11.5 Å². The molecule has 8 heteroatoms. The Labute approximate surface area is 191 Å². The number of benzene rings is 1. The molecule has 168 valence electrons. The molecular weight excluding hydrogens is 428 g/mol. The highest BCUT2D eigenvalue weighted by Gasteiger charge is 2.29. The lowest BCUT2D eigenvalue weighted by Gasteiger charge is -2.18. The van der Waals surface area contributed by atoms with Crippen molar-refractivity contribution in [2.24, 2.45) is 5.92 Å². The average molecular weight is 455 g/mol. The highest BCUT2D eigenvalue weighted by molar-refractivity contribution is 7.17. The van der Waals surface area contributed by atoms with Gasteiger partial charge in [-0.1, -0.05) is 13.0 Å². The minimum atomic E-state index is -0.586. The third kappa shape index (κ3) is 4.94. The SMILES string of the molecule is CCOc1ccc(C=C(C#N)C(=O)Nc2sc3c(c2C(=O)OC)CCC(C)C3)cc1OC. The van der Waals surface area contributed by atoms with E-state index in [1.807, 2.05) is 13.0 Å². The fraction of sp³-hybridized carbons (Fsp3) is 0.375. The van der Waals surface area contributed by atoms with Crippen molar-refractivity contribution < 1.29 is 23.8 Å². The monoisotopic (exact) mass is 454 g/mol. The number of ether oxygens (including phenoxy) is 3. The van der Waals surface area contributed by atoms with E-state index in [0.29, 0.717) is 40.2 Å². The van der Waals surface area contributed by atoms with Crippen molar-refractivity contribution in [2.75, 3.05) is 26.1 Å². The minimum Gasteiger partial charge on any atom is -0.493 e. The number of carbonyl (C=O) groups is 2. The van der Waals surface area contributed by atoms with Crippen LogP contribution in [0.1, 0.15) is 46.6 Å². The van der Waals surface area contributed by atoms with Gasteiger partial charge in [-0.15, -0.1) is 11.3 Å². The van der Waals surface area contributed by atoms with Gasteiger partial charge in [-0.3, -0.25) is 4.79 Å². The second-order valence-corrected chi connectivity index (χ2v) is 8.62. The largest absolute Gasteiger partial charge is 0.493 e. The first-order valence-corrected chi connectivity index (χ1v) is 11.2. The van der Waals surface area contributed by atoms with Gasteiger partial charge in [0.2, 0.25) is 0 Å². The summed E-state index contributed by atoms with van der Waals surface area (Å²) in [6.07, 6.45) is 4.07. The lowest BCUT2D eigenvalue weighted by molar-refractivity contribution is -0.112. The number of hydrogen-bond acceptors (Lipinski definition) is 7. The van der Waals surface area contributed by atoms with E-state index in [1.54, 1.807) is 18.2 Å². The number of anilines is 1. The van der Waals surface area contributed by atoms with E-state index >= 15 is 0 Å². The maximum atomic E-state index is 12.9. The molecule has 3 rings (SSSR count). The molecule has 32 heavy (non-hydrogen) atoms. The van der Waals surface area contributed by atoms with E-state index < -0.39 is 11.9 Å². The van der Waals surface area contributed by atoms with E-state index in [1.165, 1.54) is 31.6 Å². The Hall–Kier alpha value is -3.31. The van der Waals surface area contributed by atoms with Gasteiger partial charge in [0.05, 0.1) is 26.4 Å². The number of hydrogen-bond donors (Lipinski definition) is 1. The van der Waals surface area contributed by atoms with Crippen LogP contribution in [0.5, 0.6) is 11.5 Å². The highest BCUT2D eigenvalue weighted by atomic mass is 32.1. The summed E-state index contributed by atoms with van der Waals surface area (Å²) >= 11 is 1.38. The Kier molecular flexibility index (Phi) is 7.54. The quantitative estimate of drug-likeness (QED) is 0.373. The van der Waals surface area contributed by atoms with E-state index in [4.69, 9.17) is 14.2 Å². The molecule has 1 aromatic carbocycles. The molecular formula is C24H26N2O5S. The number of nitrogens with one attached hydrogen (secondary N) is 1. The van der Waals surface area contributed by atoms with Crippen LogP contribution in [0, 0.1) is 17.2 Å². The summed E-state index contributed by atoms with van der Waals surface area (Å²) in [5, 5.41) is 12.8. The van der Waals surface area contributed by atoms with Crippen LogP contribution in [0.4, 0.5) is 5.00 Å². The summed E-state index contributed by atoms with van der Waals surface area (Å²) in [7, 11) is 2.85. The lowest BCUT2D eigenvalue weighted by Crippen LogP contribution is -2.16. The van der Waals surface area contributed by atoms with Crippen molar-refractivity contribution in [2.45, 2.75) is 33.1 Å². The molecule has 0 saturated heterocycles. The first-order valence-electron chi connectivity index (χ1n) is 10.4. The normalized spacial score (nSPS) is 15.3. The third-order valence-electron chi connectivity index (χ3n) is 5.29. The molecule has 0 saturated carbocycles. The molecule has 0 aliphatic heterocycles. The molecule has 1 aromatic heterocycles.